The topological polar surface area (TPSA) is 17.1 Å². The number of rotatable bonds is 4. The maximum absolute atomic E-state index is 13.9. The third kappa shape index (κ3) is 3.42. The van der Waals surface area contributed by atoms with E-state index in [1.54, 1.807) is 0 Å². The molecule has 0 saturated heterocycles. The van der Waals surface area contributed by atoms with Crippen molar-refractivity contribution in [2.45, 2.75) is 13.8 Å². The molecule has 0 N–H and O–H groups in total. The summed E-state index contributed by atoms with van der Waals surface area (Å²) < 4.78 is 13.9. The zero-order chi connectivity index (χ0) is 17.0. The van der Waals surface area contributed by atoms with Crippen molar-refractivity contribution in [1.82, 2.24) is 0 Å². The van der Waals surface area contributed by atoms with Gasteiger partial charge in [-0.25, -0.2) is 0 Å². The van der Waals surface area contributed by atoms with Gasteiger partial charge in [-0.05, 0) is 36.4 Å². The average Bonchev–Trinajstić information content (AvgIpc) is 2.64. The van der Waals surface area contributed by atoms with Crippen LogP contribution in [0.25, 0.3) is 6.08 Å². The second-order valence-corrected chi connectivity index (χ2v) is 8.64. The first-order chi connectivity index (χ1) is 11.6. The summed E-state index contributed by atoms with van der Waals surface area (Å²) in [6.45, 7) is 4.20. The van der Waals surface area contributed by atoms with Crippen molar-refractivity contribution in [2.24, 2.45) is 0 Å². The fraction of sp³-hybridized carbons (Fsp3) is 0.0909. The lowest BCUT2D eigenvalue weighted by atomic mass is 10.1. The Balaban J connectivity index is 2.07. The summed E-state index contributed by atoms with van der Waals surface area (Å²) in [4.78, 5) is 0. The van der Waals surface area contributed by atoms with E-state index in [1.807, 2.05) is 72.6 Å². The van der Waals surface area contributed by atoms with Gasteiger partial charge in [0.05, 0.1) is 0 Å². The number of benzene rings is 3. The molecule has 0 bridgehead atoms. The molecule has 0 heterocycles. The fourth-order valence-electron chi connectivity index (χ4n) is 2.68. The lowest BCUT2D eigenvalue weighted by Crippen LogP contribution is -2.13. The highest BCUT2D eigenvalue weighted by Gasteiger charge is 2.23. The Hall–Kier alpha value is -2.37. The molecule has 24 heavy (non-hydrogen) atoms. The van der Waals surface area contributed by atoms with Crippen LogP contribution in [0.3, 0.4) is 0 Å². The lowest BCUT2D eigenvalue weighted by Gasteiger charge is -2.15. The fourth-order valence-corrected chi connectivity index (χ4v) is 4.93. The molecule has 3 aromatic carbocycles. The van der Waals surface area contributed by atoms with Crippen LogP contribution >= 0.6 is 7.14 Å². The minimum Gasteiger partial charge on any atom is -0.309 e. The van der Waals surface area contributed by atoms with Gasteiger partial charge in [-0.1, -0.05) is 84.9 Å². The Bertz CT molecular complexity index is 852. The molecule has 3 aromatic rings. The second kappa shape index (κ2) is 7.03. The van der Waals surface area contributed by atoms with Gasteiger partial charge in [0.1, 0.15) is 0 Å². The molecular formula is C22H21OP. The van der Waals surface area contributed by atoms with Gasteiger partial charge in [0.2, 0.25) is 0 Å². The number of hydrogen-bond acceptors (Lipinski definition) is 1. The molecule has 1 nitrogen and oxygen atoms in total. The predicted molar refractivity (Wildman–Crippen MR) is 105 cm³/mol. The molecular weight excluding hydrogens is 311 g/mol. The van der Waals surface area contributed by atoms with Crippen molar-refractivity contribution < 1.29 is 4.57 Å². The minimum atomic E-state index is -2.80. The van der Waals surface area contributed by atoms with E-state index in [4.69, 9.17) is 0 Å². The quantitative estimate of drug-likeness (QED) is 0.593. The molecule has 0 spiro atoms. The maximum atomic E-state index is 13.9. The first-order valence-electron chi connectivity index (χ1n) is 8.07. The normalized spacial score (nSPS) is 11.8. The van der Waals surface area contributed by atoms with Crippen LogP contribution in [-0.2, 0) is 4.57 Å². The van der Waals surface area contributed by atoms with Crippen LogP contribution in [0.1, 0.15) is 16.7 Å². The van der Waals surface area contributed by atoms with Gasteiger partial charge in [0.15, 0.2) is 7.14 Å². The van der Waals surface area contributed by atoms with Crippen LogP contribution in [-0.4, -0.2) is 0 Å². The molecule has 0 unspecified atom stereocenters. The Morgan fingerprint density at radius 3 is 1.75 bits per heavy atom. The van der Waals surface area contributed by atoms with Crippen LogP contribution in [0.2, 0.25) is 0 Å². The summed E-state index contributed by atoms with van der Waals surface area (Å²) in [5.74, 6) is 1.88. The van der Waals surface area contributed by atoms with Crippen LogP contribution in [0.5, 0.6) is 0 Å². The first-order valence-corrected chi connectivity index (χ1v) is 9.85. The van der Waals surface area contributed by atoms with Gasteiger partial charge in [-0.2, -0.15) is 0 Å². The summed E-state index contributed by atoms with van der Waals surface area (Å²) >= 11 is 0. The third-order valence-corrected chi connectivity index (χ3v) is 6.99. The van der Waals surface area contributed by atoms with E-state index in [2.05, 4.69) is 32.0 Å². The summed E-state index contributed by atoms with van der Waals surface area (Å²) in [5, 5.41) is 1.72. The van der Waals surface area contributed by atoms with Crippen LogP contribution in [0.15, 0.2) is 84.7 Å². The molecule has 0 radical (unpaired) electrons. The van der Waals surface area contributed by atoms with Gasteiger partial charge in [-0.15, -0.1) is 0 Å². The van der Waals surface area contributed by atoms with E-state index < -0.39 is 7.14 Å². The van der Waals surface area contributed by atoms with Crippen molar-refractivity contribution in [3.05, 3.63) is 101 Å². The monoisotopic (exact) mass is 332 g/mol. The van der Waals surface area contributed by atoms with E-state index in [9.17, 15) is 4.57 Å². The zero-order valence-corrected chi connectivity index (χ0v) is 14.9. The van der Waals surface area contributed by atoms with Crippen LogP contribution in [0, 0.1) is 13.8 Å². The Kier molecular flexibility index (Phi) is 4.83. The Morgan fingerprint density at radius 2 is 1.25 bits per heavy atom. The molecule has 0 fully saturated rings. The predicted octanol–water partition coefficient (Wildman–Crippen LogP) is 5.29. The Labute approximate surface area is 144 Å². The van der Waals surface area contributed by atoms with Gasteiger partial charge >= 0.3 is 0 Å². The van der Waals surface area contributed by atoms with E-state index in [0.717, 1.165) is 16.2 Å². The summed E-state index contributed by atoms with van der Waals surface area (Å²) in [5.41, 5.74) is 3.58. The lowest BCUT2D eigenvalue weighted by molar-refractivity contribution is 0.592. The molecule has 0 amide bonds. The SMILES string of the molecule is Cc1ccc(/C=C/P(=O)(c2ccccc2)c2ccccc2)cc1C. The zero-order valence-electron chi connectivity index (χ0n) is 14.0. The molecule has 0 aliphatic heterocycles. The summed E-state index contributed by atoms with van der Waals surface area (Å²) in [7, 11) is -2.80. The second-order valence-electron chi connectivity index (χ2n) is 5.99. The van der Waals surface area contributed by atoms with Crippen LogP contribution < -0.4 is 10.6 Å². The molecule has 0 aliphatic carbocycles. The molecule has 3 rings (SSSR count). The standard InChI is InChI=1S/C22H21OP/c1-18-13-14-20(17-19(18)2)15-16-24(23,21-9-5-3-6-10-21)22-11-7-4-8-12-22/h3-17H,1-2H3/b16-15+. The molecule has 120 valence electrons. The van der Waals surface area contributed by atoms with E-state index >= 15 is 0 Å². The number of aryl methyl sites for hydroxylation is 2. The van der Waals surface area contributed by atoms with Gasteiger partial charge in [-0.3, -0.25) is 0 Å². The Morgan fingerprint density at radius 1 is 0.708 bits per heavy atom. The number of hydrogen-bond donors (Lipinski definition) is 0. The average molecular weight is 332 g/mol. The van der Waals surface area contributed by atoms with E-state index in [1.165, 1.54) is 11.1 Å². The van der Waals surface area contributed by atoms with Gasteiger partial charge in [0, 0.05) is 10.6 Å². The third-order valence-electron chi connectivity index (χ3n) is 4.29. The van der Waals surface area contributed by atoms with Crippen molar-refractivity contribution in [3.8, 4) is 0 Å². The van der Waals surface area contributed by atoms with Gasteiger partial charge < -0.3 is 4.57 Å². The maximum Gasteiger partial charge on any atom is 0.164 e. The highest BCUT2D eigenvalue weighted by molar-refractivity contribution is 7.81. The molecule has 0 saturated carbocycles. The van der Waals surface area contributed by atoms with Crippen molar-refractivity contribution in [2.75, 3.05) is 0 Å². The largest absolute Gasteiger partial charge is 0.309 e. The minimum absolute atomic E-state index is 0.858. The molecule has 0 atom stereocenters. The highest BCUT2D eigenvalue weighted by Crippen LogP contribution is 2.45. The molecule has 0 aromatic heterocycles. The molecule has 2 heteroatoms. The summed E-state index contributed by atoms with van der Waals surface area (Å²) in [6.07, 6.45) is 1.98. The smallest absolute Gasteiger partial charge is 0.164 e. The summed E-state index contributed by atoms with van der Waals surface area (Å²) in [6, 6.07) is 25.7. The van der Waals surface area contributed by atoms with Crippen molar-refractivity contribution >= 4 is 23.8 Å². The van der Waals surface area contributed by atoms with Crippen molar-refractivity contribution in [1.29, 1.82) is 0 Å². The highest BCUT2D eigenvalue weighted by atomic mass is 31.2. The first kappa shape index (κ1) is 16.5. The van der Waals surface area contributed by atoms with E-state index in [-0.39, 0.29) is 0 Å². The van der Waals surface area contributed by atoms with Gasteiger partial charge in [0.25, 0.3) is 0 Å². The van der Waals surface area contributed by atoms with Crippen molar-refractivity contribution in [3.63, 3.8) is 0 Å². The molecule has 0 aliphatic rings. The van der Waals surface area contributed by atoms with E-state index in [0.29, 0.717) is 0 Å². The van der Waals surface area contributed by atoms with Crippen LogP contribution in [0.4, 0.5) is 0 Å².